The van der Waals surface area contributed by atoms with Crippen molar-refractivity contribution in [2.24, 2.45) is 0 Å². The lowest BCUT2D eigenvalue weighted by molar-refractivity contribution is 0.192. The van der Waals surface area contributed by atoms with E-state index >= 15 is 0 Å². The second-order valence-corrected chi connectivity index (χ2v) is 5.92. The quantitative estimate of drug-likeness (QED) is 0.865. The van der Waals surface area contributed by atoms with E-state index in [9.17, 15) is 13.5 Å². The molecule has 0 aliphatic rings. The molecule has 5 heteroatoms. The fourth-order valence-corrected chi connectivity index (χ4v) is 2.93. The van der Waals surface area contributed by atoms with E-state index in [0.717, 1.165) is 0 Å². The van der Waals surface area contributed by atoms with Crippen LogP contribution in [-0.2, 0) is 9.84 Å². The van der Waals surface area contributed by atoms with Crippen LogP contribution in [0, 0.1) is 0 Å². The van der Waals surface area contributed by atoms with Gasteiger partial charge in [-0.1, -0.05) is 12.1 Å². The van der Waals surface area contributed by atoms with Gasteiger partial charge in [0.25, 0.3) is 0 Å². The van der Waals surface area contributed by atoms with Gasteiger partial charge in [0.2, 0.25) is 0 Å². The SMILES string of the molecule is COc1ccccc1S(=O)(=O)C(C)C(C)O. The maximum atomic E-state index is 12.1. The second-order valence-electron chi connectivity index (χ2n) is 3.64. The number of benzene rings is 1. The standard InChI is InChI=1S/C11H16O4S/c1-8(12)9(2)16(13,14)11-7-5-4-6-10(11)15-3/h4-9,12H,1-3H3. The summed E-state index contributed by atoms with van der Waals surface area (Å²) in [6.07, 6.45) is -0.921. The maximum absolute atomic E-state index is 12.1. The first-order chi connectivity index (χ1) is 7.41. The maximum Gasteiger partial charge on any atom is 0.187 e. The highest BCUT2D eigenvalue weighted by molar-refractivity contribution is 7.92. The van der Waals surface area contributed by atoms with Gasteiger partial charge >= 0.3 is 0 Å². The van der Waals surface area contributed by atoms with Crippen LogP contribution < -0.4 is 4.74 Å². The summed E-state index contributed by atoms with van der Waals surface area (Å²) in [5.74, 6) is 0.301. The van der Waals surface area contributed by atoms with Crippen molar-refractivity contribution in [1.29, 1.82) is 0 Å². The summed E-state index contributed by atoms with van der Waals surface area (Å²) < 4.78 is 29.2. The van der Waals surface area contributed by atoms with Crippen molar-refractivity contribution in [3.8, 4) is 5.75 Å². The van der Waals surface area contributed by atoms with Crippen LogP contribution in [0.25, 0.3) is 0 Å². The molecule has 0 amide bonds. The van der Waals surface area contributed by atoms with Gasteiger partial charge in [-0.25, -0.2) is 8.42 Å². The molecule has 2 atom stereocenters. The highest BCUT2D eigenvalue weighted by atomic mass is 32.2. The third-order valence-electron chi connectivity index (χ3n) is 2.54. The van der Waals surface area contributed by atoms with E-state index in [4.69, 9.17) is 4.74 Å². The molecular weight excluding hydrogens is 228 g/mol. The zero-order chi connectivity index (χ0) is 12.3. The number of para-hydroxylation sites is 1. The molecule has 0 bridgehead atoms. The normalized spacial score (nSPS) is 15.5. The van der Waals surface area contributed by atoms with Crippen LogP contribution in [0.4, 0.5) is 0 Å². The van der Waals surface area contributed by atoms with Crippen LogP contribution >= 0.6 is 0 Å². The van der Waals surface area contributed by atoms with Gasteiger partial charge in [-0.05, 0) is 26.0 Å². The molecule has 16 heavy (non-hydrogen) atoms. The molecule has 1 N–H and O–H groups in total. The van der Waals surface area contributed by atoms with Gasteiger partial charge in [-0.15, -0.1) is 0 Å². The average Bonchev–Trinajstić information content (AvgIpc) is 2.27. The summed E-state index contributed by atoms with van der Waals surface area (Å²) in [5, 5.41) is 8.50. The zero-order valence-corrected chi connectivity index (χ0v) is 10.4. The molecule has 0 aliphatic carbocycles. The van der Waals surface area contributed by atoms with E-state index < -0.39 is 21.2 Å². The zero-order valence-electron chi connectivity index (χ0n) is 9.54. The number of hydrogen-bond donors (Lipinski definition) is 1. The van der Waals surface area contributed by atoms with E-state index in [1.807, 2.05) is 0 Å². The van der Waals surface area contributed by atoms with Gasteiger partial charge in [0.15, 0.2) is 9.84 Å². The fourth-order valence-electron chi connectivity index (χ4n) is 1.31. The molecule has 4 nitrogen and oxygen atoms in total. The van der Waals surface area contributed by atoms with Gasteiger partial charge in [0, 0.05) is 0 Å². The number of ether oxygens (including phenoxy) is 1. The van der Waals surface area contributed by atoms with Gasteiger partial charge in [0.1, 0.15) is 10.6 Å². The van der Waals surface area contributed by atoms with Crippen LogP contribution in [-0.4, -0.2) is 32.0 Å². The molecule has 90 valence electrons. The van der Waals surface area contributed by atoms with Crippen molar-refractivity contribution >= 4 is 9.84 Å². The third kappa shape index (κ3) is 2.36. The highest BCUT2D eigenvalue weighted by Gasteiger charge is 2.29. The van der Waals surface area contributed by atoms with Crippen molar-refractivity contribution in [3.05, 3.63) is 24.3 Å². The molecule has 1 rings (SSSR count). The van der Waals surface area contributed by atoms with E-state index in [0.29, 0.717) is 5.75 Å². The Hall–Kier alpha value is -1.07. The Kier molecular flexibility index (Phi) is 3.93. The van der Waals surface area contributed by atoms with Gasteiger partial charge in [-0.3, -0.25) is 0 Å². The number of sulfone groups is 1. The van der Waals surface area contributed by atoms with E-state index in [-0.39, 0.29) is 4.90 Å². The first kappa shape index (κ1) is 13.0. The summed E-state index contributed by atoms with van der Waals surface area (Å²) in [4.78, 5) is 0.117. The van der Waals surface area contributed by atoms with Crippen LogP contribution in [0.15, 0.2) is 29.2 Å². The number of rotatable bonds is 4. The Morgan fingerprint density at radius 1 is 1.25 bits per heavy atom. The molecule has 2 unspecified atom stereocenters. The minimum absolute atomic E-state index is 0.117. The second kappa shape index (κ2) is 4.84. The Labute approximate surface area is 95.8 Å². The summed E-state index contributed by atoms with van der Waals surface area (Å²) in [7, 11) is -2.14. The van der Waals surface area contributed by atoms with Gasteiger partial charge < -0.3 is 9.84 Å². The third-order valence-corrected chi connectivity index (χ3v) is 4.87. The van der Waals surface area contributed by atoms with Crippen molar-refractivity contribution in [3.63, 3.8) is 0 Å². The minimum Gasteiger partial charge on any atom is -0.495 e. The van der Waals surface area contributed by atoms with Crippen LogP contribution in [0.1, 0.15) is 13.8 Å². The van der Waals surface area contributed by atoms with Gasteiger partial charge in [-0.2, -0.15) is 0 Å². The molecular formula is C11H16O4S. The van der Waals surface area contributed by atoms with E-state index in [1.54, 1.807) is 18.2 Å². The molecule has 0 heterocycles. The molecule has 0 radical (unpaired) electrons. The fraction of sp³-hybridized carbons (Fsp3) is 0.455. The van der Waals surface area contributed by atoms with Crippen LogP contribution in [0.3, 0.4) is 0 Å². The van der Waals surface area contributed by atoms with Crippen molar-refractivity contribution in [1.82, 2.24) is 0 Å². The lowest BCUT2D eigenvalue weighted by Crippen LogP contribution is -2.29. The van der Waals surface area contributed by atoms with Crippen molar-refractivity contribution < 1.29 is 18.3 Å². The summed E-state index contributed by atoms with van der Waals surface area (Å²) in [5.41, 5.74) is 0. The Bertz CT molecular complexity index is 451. The van der Waals surface area contributed by atoms with E-state index in [2.05, 4.69) is 0 Å². The Morgan fingerprint density at radius 3 is 2.31 bits per heavy atom. The predicted molar refractivity (Wildman–Crippen MR) is 61.3 cm³/mol. The lowest BCUT2D eigenvalue weighted by atomic mass is 10.3. The first-order valence-electron chi connectivity index (χ1n) is 4.96. The van der Waals surface area contributed by atoms with Gasteiger partial charge in [0.05, 0.1) is 18.5 Å². The Balaban J connectivity index is 3.27. The summed E-state index contributed by atoms with van der Waals surface area (Å²) in [6, 6.07) is 6.39. The highest BCUT2D eigenvalue weighted by Crippen LogP contribution is 2.27. The lowest BCUT2D eigenvalue weighted by Gasteiger charge is -2.17. The number of methoxy groups -OCH3 is 1. The molecule has 0 aromatic heterocycles. The minimum atomic E-state index is -3.56. The molecule has 0 saturated carbocycles. The summed E-state index contributed by atoms with van der Waals surface area (Å²) in [6.45, 7) is 2.93. The smallest absolute Gasteiger partial charge is 0.187 e. The van der Waals surface area contributed by atoms with Crippen molar-refractivity contribution in [2.75, 3.05) is 7.11 Å². The number of aliphatic hydroxyl groups is 1. The largest absolute Gasteiger partial charge is 0.495 e. The van der Waals surface area contributed by atoms with Crippen LogP contribution in [0.2, 0.25) is 0 Å². The molecule has 1 aromatic rings. The summed E-state index contributed by atoms with van der Waals surface area (Å²) >= 11 is 0. The van der Waals surface area contributed by atoms with Crippen molar-refractivity contribution in [2.45, 2.75) is 30.1 Å². The Morgan fingerprint density at radius 2 is 1.81 bits per heavy atom. The molecule has 0 aliphatic heterocycles. The molecule has 1 aromatic carbocycles. The van der Waals surface area contributed by atoms with E-state index in [1.165, 1.54) is 27.0 Å². The number of aliphatic hydroxyl groups excluding tert-OH is 1. The molecule has 0 fully saturated rings. The first-order valence-corrected chi connectivity index (χ1v) is 6.51. The topological polar surface area (TPSA) is 63.6 Å². The number of hydrogen-bond acceptors (Lipinski definition) is 4. The predicted octanol–water partition coefficient (Wildman–Crippen LogP) is 1.24. The molecule has 0 saturated heterocycles. The monoisotopic (exact) mass is 244 g/mol. The molecule has 0 spiro atoms. The average molecular weight is 244 g/mol. The van der Waals surface area contributed by atoms with Crippen LogP contribution in [0.5, 0.6) is 5.75 Å².